The van der Waals surface area contributed by atoms with Crippen molar-refractivity contribution in [3.8, 4) is 0 Å². The highest BCUT2D eigenvalue weighted by Crippen LogP contribution is 2.03. The van der Waals surface area contributed by atoms with E-state index in [0.29, 0.717) is 13.0 Å². The molecule has 1 atom stereocenters. The molecular weight excluding hydrogens is 192 g/mol. The van der Waals surface area contributed by atoms with E-state index in [4.69, 9.17) is 4.74 Å². The van der Waals surface area contributed by atoms with Gasteiger partial charge in [-0.3, -0.25) is 4.79 Å². The molecule has 1 saturated heterocycles. The van der Waals surface area contributed by atoms with Crippen LogP contribution in [0.3, 0.4) is 0 Å². The maximum Gasteiger partial charge on any atom is 0.224 e. The van der Waals surface area contributed by atoms with Crippen LogP contribution in [-0.2, 0) is 9.53 Å². The molecule has 1 unspecified atom stereocenters. The van der Waals surface area contributed by atoms with Gasteiger partial charge in [0.1, 0.15) is 0 Å². The fraction of sp³-hybridized carbons (Fsp3) is 0.909. The Morgan fingerprint density at radius 3 is 2.87 bits per heavy atom. The van der Waals surface area contributed by atoms with Crippen LogP contribution in [0.2, 0.25) is 0 Å². The minimum Gasteiger partial charge on any atom is -0.378 e. The SMILES string of the molecule is CCCN(CC)C(=O)CC1COCCN1. The van der Waals surface area contributed by atoms with E-state index >= 15 is 0 Å². The van der Waals surface area contributed by atoms with Crippen molar-refractivity contribution in [2.24, 2.45) is 0 Å². The van der Waals surface area contributed by atoms with E-state index in [9.17, 15) is 4.79 Å². The zero-order valence-corrected chi connectivity index (χ0v) is 9.79. The minimum atomic E-state index is 0.206. The summed E-state index contributed by atoms with van der Waals surface area (Å²) in [6.07, 6.45) is 1.59. The van der Waals surface area contributed by atoms with Crippen molar-refractivity contribution >= 4 is 5.91 Å². The number of rotatable bonds is 5. The van der Waals surface area contributed by atoms with Gasteiger partial charge in [0.25, 0.3) is 0 Å². The summed E-state index contributed by atoms with van der Waals surface area (Å²) in [5.74, 6) is 0.238. The second kappa shape index (κ2) is 6.80. The summed E-state index contributed by atoms with van der Waals surface area (Å²) in [6.45, 7) is 8.07. The third-order valence-electron chi connectivity index (χ3n) is 2.65. The van der Waals surface area contributed by atoms with E-state index in [-0.39, 0.29) is 11.9 Å². The van der Waals surface area contributed by atoms with Gasteiger partial charge in [-0.1, -0.05) is 6.92 Å². The van der Waals surface area contributed by atoms with Gasteiger partial charge in [0, 0.05) is 32.1 Å². The number of nitrogens with zero attached hydrogens (tertiary/aromatic N) is 1. The average molecular weight is 214 g/mol. The van der Waals surface area contributed by atoms with Crippen molar-refractivity contribution in [3.63, 3.8) is 0 Å². The number of hydrogen-bond acceptors (Lipinski definition) is 3. The molecule has 0 aromatic carbocycles. The van der Waals surface area contributed by atoms with Crippen LogP contribution in [0.15, 0.2) is 0 Å². The molecule has 4 heteroatoms. The predicted octanol–water partition coefficient (Wildman–Crippen LogP) is 0.623. The van der Waals surface area contributed by atoms with Crippen LogP contribution in [0.4, 0.5) is 0 Å². The Bertz CT molecular complexity index is 191. The van der Waals surface area contributed by atoms with Gasteiger partial charge < -0.3 is 15.0 Å². The van der Waals surface area contributed by atoms with Gasteiger partial charge in [-0.05, 0) is 13.3 Å². The molecule has 4 nitrogen and oxygen atoms in total. The summed E-state index contributed by atoms with van der Waals surface area (Å²) in [5, 5.41) is 3.30. The molecule has 0 radical (unpaired) electrons. The summed E-state index contributed by atoms with van der Waals surface area (Å²) in [6, 6.07) is 0.206. The fourth-order valence-corrected chi connectivity index (χ4v) is 1.82. The Morgan fingerprint density at radius 1 is 1.53 bits per heavy atom. The molecule has 1 N–H and O–H groups in total. The van der Waals surface area contributed by atoms with Crippen molar-refractivity contribution in [2.45, 2.75) is 32.7 Å². The van der Waals surface area contributed by atoms with Crippen LogP contribution in [0, 0.1) is 0 Å². The van der Waals surface area contributed by atoms with Crippen molar-refractivity contribution in [2.75, 3.05) is 32.8 Å². The van der Waals surface area contributed by atoms with Crippen LogP contribution in [0.5, 0.6) is 0 Å². The van der Waals surface area contributed by atoms with Gasteiger partial charge in [0.2, 0.25) is 5.91 Å². The van der Waals surface area contributed by atoms with Crippen molar-refractivity contribution in [3.05, 3.63) is 0 Å². The third kappa shape index (κ3) is 4.18. The summed E-state index contributed by atoms with van der Waals surface area (Å²) < 4.78 is 5.32. The molecule has 1 heterocycles. The standard InChI is InChI=1S/C11H22N2O2/c1-3-6-13(4-2)11(14)8-10-9-15-7-5-12-10/h10,12H,3-9H2,1-2H3. The second-order valence-electron chi connectivity index (χ2n) is 3.90. The normalized spacial score (nSPS) is 21.3. The maximum absolute atomic E-state index is 11.9. The number of amides is 1. The highest BCUT2D eigenvalue weighted by Gasteiger charge is 2.19. The number of hydrogen-bond donors (Lipinski definition) is 1. The van der Waals surface area contributed by atoms with E-state index in [1.165, 1.54) is 0 Å². The lowest BCUT2D eigenvalue weighted by Crippen LogP contribution is -2.45. The summed E-state index contributed by atoms with van der Waals surface area (Å²) in [7, 11) is 0. The highest BCUT2D eigenvalue weighted by molar-refractivity contribution is 5.76. The molecular formula is C11H22N2O2. The molecule has 1 amide bonds. The first kappa shape index (κ1) is 12.5. The van der Waals surface area contributed by atoms with Crippen LogP contribution < -0.4 is 5.32 Å². The lowest BCUT2D eigenvalue weighted by atomic mass is 10.1. The molecule has 1 rings (SSSR count). The van der Waals surface area contributed by atoms with E-state index in [1.54, 1.807) is 0 Å². The van der Waals surface area contributed by atoms with Gasteiger partial charge >= 0.3 is 0 Å². The van der Waals surface area contributed by atoms with Gasteiger partial charge in [0.15, 0.2) is 0 Å². The van der Waals surface area contributed by atoms with Gasteiger partial charge in [-0.15, -0.1) is 0 Å². The van der Waals surface area contributed by atoms with E-state index < -0.39 is 0 Å². The first-order valence-electron chi connectivity index (χ1n) is 5.86. The topological polar surface area (TPSA) is 41.6 Å². The average Bonchev–Trinajstić information content (AvgIpc) is 2.27. The molecule has 0 aliphatic carbocycles. The van der Waals surface area contributed by atoms with E-state index in [0.717, 1.165) is 32.7 Å². The zero-order valence-electron chi connectivity index (χ0n) is 9.79. The lowest BCUT2D eigenvalue weighted by Gasteiger charge is -2.26. The number of nitrogens with one attached hydrogen (secondary N) is 1. The largest absolute Gasteiger partial charge is 0.378 e. The van der Waals surface area contributed by atoms with Crippen molar-refractivity contribution < 1.29 is 9.53 Å². The van der Waals surface area contributed by atoms with Crippen molar-refractivity contribution in [1.82, 2.24) is 10.2 Å². The van der Waals surface area contributed by atoms with Crippen LogP contribution in [0.25, 0.3) is 0 Å². The molecule has 15 heavy (non-hydrogen) atoms. The summed E-state index contributed by atoms with van der Waals surface area (Å²) >= 11 is 0. The van der Waals surface area contributed by atoms with Crippen molar-refractivity contribution in [1.29, 1.82) is 0 Å². The number of carbonyl (C=O) groups excluding carboxylic acids is 1. The Morgan fingerprint density at radius 2 is 2.33 bits per heavy atom. The fourth-order valence-electron chi connectivity index (χ4n) is 1.82. The second-order valence-corrected chi connectivity index (χ2v) is 3.90. The number of ether oxygens (including phenoxy) is 1. The molecule has 1 aliphatic rings. The Hall–Kier alpha value is -0.610. The molecule has 0 bridgehead atoms. The van der Waals surface area contributed by atoms with Crippen LogP contribution in [0.1, 0.15) is 26.7 Å². The maximum atomic E-state index is 11.9. The first-order valence-corrected chi connectivity index (χ1v) is 5.86. The van der Waals surface area contributed by atoms with Crippen LogP contribution >= 0.6 is 0 Å². The van der Waals surface area contributed by atoms with Crippen LogP contribution in [-0.4, -0.2) is 49.7 Å². The smallest absolute Gasteiger partial charge is 0.224 e. The van der Waals surface area contributed by atoms with Gasteiger partial charge in [0.05, 0.1) is 13.2 Å². The number of carbonyl (C=O) groups is 1. The molecule has 88 valence electrons. The first-order chi connectivity index (χ1) is 7.27. The number of morpholine rings is 1. The van der Waals surface area contributed by atoms with Gasteiger partial charge in [-0.25, -0.2) is 0 Å². The zero-order chi connectivity index (χ0) is 11.1. The predicted molar refractivity (Wildman–Crippen MR) is 59.8 cm³/mol. The summed E-state index contributed by atoms with van der Waals surface area (Å²) in [4.78, 5) is 13.8. The quantitative estimate of drug-likeness (QED) is 0.729. The molecule has 0 saturated carbocycles. The summed E-state index contributed by atoms with van der Waals surface area (Å²) in [5.41, 5.74) is 0. The third-order valence-corrected chi connectivity index (χ3v) is 2.65. The molecule has 0 aromatic heterocycles. The van der Waals surface area contributed by atoms with Gasteiger partial charge in [-0.2, -0.15) is 0 Å². The minimum absolute atomic E-state index is 0.206. The monoisotopic (exact) mass is 214 g/mol. The molecule has 0 spiro atoms. The molecule has 1 fully saturated rings. The Kier molecular flexibility index (Phi) is 5.65. The molecule has 0 aromatic rings. The lowest BCUT2D eigenvalue weighted by molar-refractivity contribution is -0.132. The van der Waals surface area contributed by atoms with E-state index in [2.05, 4.69) is 12.2 Å². The highest BCUT2D eigenvalue weighted by atomic mass is 16.5. The molecule has 1 aliphatic heterocycles. The Balaban J connectivity index is 2.31. The Labute approximate surface area is 92.0 Å². The van der Waals surface area contributed by atoms with E-state index in [1.807, 2.05) is 11.8 Å².